The second-order valence-electron chi connectivity index (χ2n) is 8.14. The van der Waals surface area contributed by atoms with E-state index in [0.717, 1.165) is 36.7 Å². The largest absolute Gasteiger partial charge is 0.385 e. The minimum absolute atomic E-state index is 0.222. The molecule has 0 bridgehead atoms. The Balaban J connectivity index is 2.22. The third-order valence-corrected chi connectivity index (χ3v) is 6.25. The summed E-state index contributed by atoms with van der Waals surface area (Å²) in [5.41, 5.74) is 1.80. The molecule has 1 saturated carbocycles. The summed E-state index contributed by atoms with van der Waals surface area (Å²) in [5.74, 6) is -0.228. The summed E-state index contributed by atoms with van der Waals surface area (Å²) in [6.45, 7) is 8.20. The van der Waals surface area contributed by atoms with Crippen molar-refractivity contribution in [2.45, 2.75) is 64.4 Å². The summed E-state index contributed by atoms with van der Waals surface area (Å²) in [5, 5.41) is 10.8. The lowest BCUT2D eigenvalue weighted by Gasteiger charge is -2.54. The number of aliphatic hydroxyl groups is 1. The fourth-order valence-corrected chi connectivity index (χ4v) is 4.95. The topological polar surface area (TPSA) is 54.4 Å². The van der Waals surface area contributed by atoms with E-state index in [-0.39, 0.29) is 17.1 Å². The Morgan fingerprint density at radius 2 is 1.96 bits per heavy atom. The number of benzene rings is 1. The van der Waals surface area contributed by atoms with Crippen LogP contribution in [0.2, 0.25) is 0 Å². The smallest absolute Gasteiger partial charge is 0.191 e. The predicted molar refractivity (Wildman–Crippen MR) is 89.7 cm³/mol. The van der Waals surface area contributed by atoms with Crippen molar-refractivity contribution in [1.82, 2.24) is 0 Å². The number of carbonyl (C=O) groups is 2. The molecule has 0 saturated heterocycles. The summed E-state index contributed by atoms with van der Waals surface area (Å²) in [4.78, 5) is 24.6. The highest BCUT2D eigenvalue weighted by molar-refractivity contribution is 6.03. The van der Waals surface area contributed by atoms with Gasteiger partial charge in [-0.25, -0.2) is 0 Å². The lowest BCUT2D eigenvalue weighted by molar-refractivity contribution is -0.127. The molecular formula is C20H26O3. The van der Waals surface area contributed by atoms with Gasteiger partial charge in [0.1, 0.15) is 12.4 Å². The number of ketones is 1. The molecule has 2 aliphatic carbocycles. The van der Waals surface area contributed by atoms with Crippen molar-refractivity contribution in [2.75, 3.05) is 0 Å². The molecule has 0 amide bonds. The maximum absolute atomic E-state index is 12.8. The quantitative estimate of drug-likeness (QED) is 0.848. The second-order valence-corrected chi connectivity index (χ2v) is 8.14. The van der Waals surface area contributed by atoms with Gasteiger partial charge in [0.2, 0.25) is 0 Å². The molecule has 0 heterocycles. The zero-order valence-corrected chi connectivity index (χ0v) is 14.4. The standard InChI is InChI=1S/C20H26O3/c1-12(2)13-6-7-15-14(10-13)16(22)17(23)18-19(3,11-21)8-5-9-20(15,18)4/h6-7,10-12,17-18,23H,5,8-9H2,1-4H3/t17-,18-,19-,20+/m0/s1. The normalized spacial score (nSPS) is 36.5. The number of hydrogen-bond donors (Lipinski definition) is 1. The molecule has 23 heavy (non-hydrogen) atoms. The van der Waals surface area contributed by atoms with Crippen LogP contribution in [0.25, 0.3) is 0 Å². The number of aldehydes is 1. The summed E-state index contributed by atoms with van der Waals surface area (Å²) >= 11 is 0. The van der Waals surface area contributed by atoms with Gasteiger partial charge in [-0.3, -0.25) is 4.79 Å². The van der Waals surface area contributed by atoms with Crippen LogP contribution < -0.4 is 0 Å². The van der Waals surface area contributed by atoms with Crippen molar-refractivity contribution in [2.24, 2.45) is 11.3 Å². The maximum Gasteiger partial charge on any atom is 0.191 e. The highest BCUT2D eigenvalue weighted by Gasteiger charge is 2.58. The summed E-state index contributed by atoms with van der Waals surface area (Å²) in [6, 6.07) is 6.08. The van der Waals surface area contributed by atoms with Crippen LogP contribution in [0.3, 0.4) is 0 Å². The molecule has 2 aliphatic rings. The first-order valence-electron chi connectivity index (χ1n) is 8.57. The van der Waals surface area contributed by atoms with Gasteiger partial charge >= 0.3 is 0 Å². The van der Waals surface area contributed by atoms with Crippen molar-refractivity contribution in [3.63, 3.8) is 0 Å². The van der Waals surface area contributed by atoms with Gasteiger partial charge < -0.3 is 9.90 Å². The maximum atomic E-state index is 12.8. The summed E-state index contributed by atoms with van der Waals surface area (Å²) in [6.07, 6.45) is 2.44. The van der Waals surface area contributed by atoms with E-state index in [0.29, 0.717) is 11.5 Å². The van der Waals surface area contributed by atoms with Gasteiger partial charge in [0.25, 0.3) is 0 Å². The Kier molecular flexibility index (Phi) is 3.75. The molecular weight excluding hydrogens is 288 g/mol. The number of aliphatic hydroxyl groups excluding tert-OH is 1. The van der Waals surface area contributed by atoms with Crippen LogP contribution in [-0.4, -0.2) is 23.3 Å². The van der Waals surface area contributed by atoms with E-state index in [9.17, 15) is 14.7 Å². The molecule has 124 valence electrons. The molecule has 3 nitrogen and oxygen atoms in total. The van der Waals surface area contributed by atoms with Crippen LogP contribution in [0.5, 0.6) is 0 Å². The Hall–Kier alpha value is -1.48. The van der Waals surface area contributed by atoms with Crippen LogP contribution in [-0.2, 0) is 10.2 Å². The van der Waals surface area contributed by atoms with Crippen molar-refractivity contribution in [1.29, 1.82) is 0 Å². The average molecular weight is 314 g/mol. The van der Waals surface area contributed by atoms with E-state index in [1.54, 1.807) is 0 Å². The van der Waals surface area contributed by atoms with Crippen molar-refractivity contribution in [3.05, 3.63) is 34.9 Å². The van der Waals surface area contributed by atoms with Gasteiger partial charge in [0, 0.05) is 16.9 Å². The molecule has 4 atom stereocenters. The Morgan fingerprint density at radius 3 is 2.57 bits per heavy atom. The van der Waals surface area contributed by atoms with Crippen LogP contribution >= 0.6 is 0 Å². The van der Waals surface area contributed by atoms with Gasteiger partial charge in [0.05, 0.1) is 0 Å². The van der Waals surface area contributed by atoms with Crippen molar-refractivity contribution < 1.29 is 14.7 Å². The van der Waals surface area contributed by atoms with Crippen LogP contribution in [0.1, 0.15) is 74.4 Å². The van der Waals surface area contributed by atoms with E-state index in [4.69, 9.17) is 0 Å². The first kappa shape index (κ1) is 16.4. The minimum Gasteiger partial charge on any atom is -0.385 e. The van der Waals surface area contributed by atoms with E-state index in [1.807, 2.05) is 13.0 Å². The van der Waals surface area contributed by atoms with E-state index < -0.39 is 11.5 Å². The average Bonchev–Trinajstić information content (AvgIpc) is 2.52. The number of carbonyl (C=O) groups excluding carboxylic acids is 2. The zero-order chi connectivity index (χ0) is 17.0. The van der Waals surface area contributed by atoms with E-state index >= 15 is 0 Å². The van der Waals surface area contributed by atoms with Crippen LogP contribution in [0, 0.1) is 11.3 Å². The Morgan fingerprint density at radius 1 is 1.26 bits per heavy atom. The number of fused-ring (bicyclic) bond motifs is 3. The molecule has 3 rings (SSSR count). The Bertz CT molecular complexity index is 663. The number of Topliss-reactive ketones (excluding diaryl/α,β-unsaturated/α-hetero) is 1. The monoisotopic (exact) mass is 314 g/mol. The minimum atomic E-state index is -1.09. The van der Waals surface area contributed by atoms with E-state index in [1.165, 1.54) is 0 Å². The summed E-state index contributed by atoms with van der Waals surface area (Å²) in [7, 11) is 0. The fourth-order valence-electron chi connectivity index (χ4n) is 4.95. The van der Waals surface area contributed by atoms with Gasteiger partial charge in [-0.1, -0.05) is 46.2 Å². The Labute approximate surface area is 138 Å². The third kappa shape index (κ3) is 2.20. The highest BCUT2D eigenvalue weighted by Crippen LogP contribution is 2.56. The molecule has 1 aromatic rings. The zero-order valence-electron chi connectivity index (χ0n) is 14.4. The molecule has 1 N–H and O–H groups in total. The third-order valence-electron chi connectivity index (χ3n) is 6.25. The van der Waals surface area contributed by atoms with Crippen LogP contribution in [0.4, 0.5) is 0 Å². The van der Waals surface area contributed by atoms with E-state index in [2.05, 4.69) is 32.9 Å². The molecule has 3 heteroatoms. The van der Waals surface area contributed by atoms with Crippen LogP contribution in [0.15, 0.2) is 18.2 Å². The molecule has 1 fully saturated rings. The lowest BCUT2D eigenvalue weighted by atomic mass is 9.49. The molecule has 0 radical (unpaired) electrons. The van der Waals surface area contributed by atoms with Gasteiger partial charge in [-0.2, -0.15) is 0 Å². The molecule has 0 aliphatic heterocycles. The molecule has 0 spiro atoms. The number of hydrogen-bond acceptors (Lipinski definition) is 3. The van der Waals surface area contributed by atoms with Gasteiger partial charge in [-0.05, 0) is 41.4 Å². The molecule has 0 unspecified atom stereocenters. The highest BCUT2D eigenvalue weighted by atomic mass is 16.3. The molecule has 1 aromatic carbocycles. The van der Waals surface area contributed by atoms with Crippen molar-refractivity contribution >= 4 is 12.1 Å². The SMILES string of the molecule is CC(C)c1ccc2c(c1)C(=O)[C@H](O)[C@H]1[C@](C)(C=O)CCC[C@]21C. The lowest BCUT2D eigenvalue weighted by Crippen LogP contribution is -2.58. The first-order valence-corrected chi connectivity index (χ1v) is 8.57. The first-order chi connectivity index (χ1) is 10.7. The van der Waals surface area contributed by atoms with Crippen molar-refractivity contribution in [3.8, 4) is 0 Å². The second kappa shape index (κ2) is 5.27. The van der Waals surface area contributed by atoms with Gasteiger partial charge in [0.15, 0.2) is 5.78 Å². The molecule has 0 aromatic heterocycles. The predicted octanol–water partition coefficient (Wildman–Crippen LogP) is 3.63. The number of rotatable bonds is 2. The summed E-state index contributed by atoms with van der Waals surface area (Å²) < 4.78 is 0. The van der Waals surface area contributed by atoms with Gasteiger partial charge in [-0.15, -0.1) is 0 Å². The fraction of sp³-hybridized carbons (Fsp3) is 0.600.